The molecule has 100 valence electrons. The molecule has 1 aromatic carbocycles. The van der Waals surface area contributed by atoms with Crippen LogP contribution in [0.5, 0.6) is 5.75 Å². The highest BCUT2D eigenvalue weighted by atomic mass is 28.4. The fourth-order valence-corrected chi connectivity index (χ4v) is 2.64. The lowest BCUT2D eigenvalue weighted by atomic mass is 10.0. The van der Waals surface area contributed by atoms with Crippen molar-refractivity contribution >= 4 is 14.6 Å². The van der Waals surface area contributed by atoms with Crippen molar-refractivity contribution in [2.24, 2.45) is 0 Å². The van der Waals surface area contributed by atoms with E-state index in [9.17, 15) is 4.79 Å². The number of rotatable bonds is 3. The molecule has 2 nitrogen and oxygen atoms in total. The lowest BCUT2D eigenvalue weighted by Crippen LogP contribution is -2.43. The highest BCUT2D eigenvalue weighted by Gasteiger charge is 2.39. The summed E-state index contributed by atoms with van der Waals surface area (Å²) in [4.78, 5) is 11.0. The van der Waals surface area contributed by atoms with Gasteiger partial charge < -0.3 is 4.43 Å². The summed E-state index contributed by atoms with van der Waals surface area (Å²) in [5.74, 6) is 0.891. The molecule has 1 aromatic rings. The van der Waals surface area contributed by atoms with E-state index in [2.05, 4.69) is 33.9 Å². The summed E-state index contributed by atoms with van der Waals surface area (Å²) in [5.41, 5.74) is 2.75. The van der Waals surface area contributed by atoms with E-state index < -0.39 is 8.32 Å². The van der Waals surface area contributed by atoms with E-state index >= 15 is 0 Å². The molecule has 18 heavy (non-hydrogen) atoms. The second kappa shape index (κ2) is 4.88. The average molecular weight is 264 g/mol. The Bertz CT molecular complexity index is 433. The van der Waals surface area contributed by atoms with Gasteiger partial charge in [0.25, 0.3) is 0 Å². The Labute approximate surface area is 111 Å². The van der Waals surface area contributed by atoms with Crippen molar-refractivity contribution < 1.29 is 9.22 Å². The van der Waals surface area contributed by atoms with Crippen molar-refractivity contribution in [3.63, 3.8) is 0 Å². The van der Waals surface area contributed by atoms with Crippen molar-refractivity contribution in [3.05, 3.63) is 28.8 Å². The monoisotopic (exact) mass is 264 g/mol. The third-order valence-corrected chi connectivity index (χ3v) is 8.22. The van der Waals surface area contributed by atoms with Crippen LogP contribution >= 0.6 is 0 Å². The molecule has 0 saturated carbocycles. The summed E-state index contributed by atoms with van der Waals surface area (Å²) in [7, 11) is -1.81. The van der Waals surface area contributed by atoms with Crippen LogP contribution < -0.4 is 4.43 Å². The van der Waals surface area contributed by atoms with Gasteiger partial charge in [-0.15, -0.1) is 0 Å². The smallest absolute Gasteiger partial charge is 0.250 e. The zero-order valence-electron chi connectivity index (χ0n) is 12.5. The SMILES string of the molecule is Cc1cc(O[Si](C)(C)C(C)(C)C)cc(C)c1C=O. The van der Waals surface area contributed by atoms with Crippen molar-refractivity contribution in [2.45, 2.75) is 52.8 Å². The maximum Gasteiger partial charge on any atom is 0.250 e. The number of hydrogen-bond donors (Lipinski definition) is 0. The molecule has 0 atom stereocenters. The summed E-state index contributed by atoms with van der Waals surface area (Å²) in [6.07, 6.45) is 0.917. The predicted molar refractivity (Wildman–Crippen MR) is 79.1 cm³/mol. The predicted octanol–water partition coefficient (Wildman–Crippen LogP) is 4.50. The number of hydrogen-bond acceptors (Lipinski definition) is 2. The Balaban J connectivity index is 3.11. The van der Waals surface area contributed by atoms with Crippen LogP contribution in [-0.4, -0.2) is 14.6 Å². The quantitative estimate of drug-likeness (QED) is 0.593. The zero-order valence-corrected chi connectivity index (χ0v) is 13.5. The van der Waals surface area contributed by atoms with Gasteiger partial charge >= 0.3 is 0 Å². The Hall–Kier alpha value is -1.09. The standard InChI is InChI=1S/C15H24O2Si/c1-11-8-13(9-12(2)14(11)10-16)17-18(6,7)15(3,4)5/h8-10H,1-7H3. The van der Waals surface area contributed by atoms with Gasteiger partial charge in [-0.25, -0.2) is 0 Å². The van der Waals surface area contributed by atoms with Crippen LogP contribution in [0.4, 0.5) is 0 Å². The second-order valence-corrected chi connectivity index (χ2v) is 11.2. The van der Waals surface area contributed by atoms with Gasteiger partial charge in [-0.1, -0.05) is 20.8 Å². The van der Waals surface area contributed by atoms with Crippen LogP contribution in [0, 0.1) is 13.8 Å². The van der Waals surface area contributed by atoms with E-state index in [0.717, 1.165) is 28.7 Å². The van der Waals surface area contributed by atoms with Crippen LogP contribution in [0.3, 0.4) is 0 Å². The molecule has 0 heterocycles. The summed E-state index contributed by atoms with van der Waals surface area (Å²) in [6, 6.07) is 3.94. The third-order valence-electron chi connectivity index (χ3n) is 3.86. The van der Waals surface area contributed by atoms with Crippen LogP contribution in [0.2, 0.25) is 18.1 Å². The summed E-state index contributed by atoms with van der Waals surface area (Å²) < 4.78 is 6.25. The average Bonchev–Trinajstić information content (AvgIpc) is 2.14. The fraction of sp³-hybridized carbons (Fsp3) is 0.533. The minimum absolute atomic E-state index is 0.179. The van der Waals surface area contributed by atoms with Gasteiger partial charge in [-0.2, -0.15) is 0 Å². The van der Waals surface area contributed by atoms with Crippen molar-refractivity contribution in [2.75, 3.05) is 0 Å². The first-order chi connectivity index (χ1) is 8.08. The minimum Gasteiger partial charge on any atom is -0.543 e. The van der Waals surface area contributed by atoms with E-state index in [0.29, 0.717) is 0 Å². The Morgan fingerprint density at radius 3 is 1.89 bits per heavy atom. The third kappa shape index (κ3) is 3.02. The molecule has 0 fully saturated rings. The molecule has 3 heteroatoms. The zero-order chi connectivity index (χ0) is 14.1. The second-order valence-electron chi connectivity index (χ2n) is 6.45. The molecule has 0 saturated heterocycles. The molecule has 0 amide bonds. The van der Waals surface area contributed by atoms with E-state index in [4.69, 9.17) is 4.43 Å². The molecular weight excluding hydrogens is 240 g/mol. The first kappa shape index (κ1) is 15.0. The molecule has 0 bridgehead atoms. The lowest BCUT2D eigenvalue weighted by molar-refractivity contribution is 0.112. The molecule has 0 spiro atoms. The van der Waals surface area contributed by atoms with Gasteiger partial charge in [0.1, 0.15) is 5.75 Å². The van der Waals surface area contributed by atoms with E-state index in [1.807, 2.05) is 26.0 Å². The highest BCUT2D eigenvalue weighted by molar-refractivity contribution is 6.74. The number of carbonyl (C=O) groups is 1. The Morgan fingerprint density at radius 1 is 1.11 bits per heavy atom. The number of benzene rings is 1. The first-order valence-corrected chi connectivity index (χ1v) is 9.25. The molecule has 0 aromatic heterocycles. The lowest BCUT2D eigenvalue weighted by Gasteiger charge is -2.36. The Morgan fingerprint density at radius 2 is 1.56 bits per heavy atom. The molecule has 0 N–H and O–H groups in total. The van der Waals surface area contributed by atoms with Crippen molar-refractivity contribution in [1.29, 1.82) is 0 Å². The van der Waals surface area contributed by atoms with Gasteiger partial charge in [-0.05, 0) is 55.2 Å². The summed E-state index contributed by atoms with van der Waals surface area (Å²) in [5, 5.41) is 0.179. The molecule has 0 unspecified atom stereocenters. The molecule has 0 aliphatic carbocycles. The van der Waals surface area contributed by atoms with Gasteiger partial charge in [0.2, 0.25) is 8.32 Å². The largest absolute Gasteiger partial charge is 0.543 e. The van der Waals surface area contributed by atoms with Gasteiger partial charge in [0, 0.05) is 5.56 Å². The summed E-state index contributed by atoms with van der Waals surface area (Å²) in [6.45, 7) is 15.0. The number of aryl methyl sites for hydroxylation is 2. The minimum atomic E-state index is -1.81. The van der Waals surface area contributed by atoms with Gasteiger partial charge in [-0.3, -0.25) is 4.79 Å². The maximum atomic E-state index is 11.0. The van der Waals surface area contributed by atoms with Gasteiger partial charge in [0.15, 0.2) is 6.29 Å². The summed E-state index contributed by atoms with van der Waals surface area (Å²) >= 11 is 0. The van der Waals surface area contributed by atoms with Crippen molar-refractivity contribution in [3.8, 4) is 5.75 Å². The number of aldehydes is 1. The van der Waals surface area contributed by atoms with E-state index in [1.54, 1.807) is 0 Å². The van der Waals surface area contributed by atoms with Crippen LogP contribution in [0.15, 0.2) is 12.1 Å². The van der Waals surface area contributed by atoms with E-state index in [1.165, 1.54) is 0 Å². The topological polar surface area (TPSA) is 26.3 Å². The Kier molecular flexibility index (Phi) is 4.06. The molecular formula is C15H24O2Si. The van der Waals surface area contributed by atoms with E-state index in [-0.39, 0.29) is 5.04 Å². The normalized spacial score (nSPS) is 12.4. The maximum absolute atomic E-state index is 11.0. The molecule has 1 rings (SSSR count). The van der Waals surface area contributed by atoms with Gasteiger partial charge in [0.05, 0.1) is 0 Å². The van der Waals surface area contributed by atoms with Crippen LogP contribution in [0.25, 0.3) is 0 Å². The van der Waals surface area contributed by atoms with Crippen molar-refractivity contribution in [1.82, 2.24) is 0 Å². The fourth-order valence-electron chi connectivity index (χ4n) is 1.63. The molecule has 0 radical (unpaired) electrons. The highest BCUT2D eigenvalue weighted by Crippen LogP contribution is 2.37. The van der Waals surface area contributed by atoms with Crippen LogP contribution in [-0.2, 0) is 0 Å². The number of carbonyl (C=O) groups excluding carboxylic acids is 1. The van der Waals surface area contributed by atoms with Crippen LogP contribution in [0.1, 0.15) is 42.3 Å². The first-order valence-electron chi connectivity index (χ1n) is 6.34. The molecule has 0 aliphatic heterocycles. The molecule has 0 aliphatic rings.